The summed E-state index contributed by atoms with van der Waals surface area (Å²) in [6.07, 6.45) is 3.97. The number of nitrogens with zero attached hydrogens (tertiary/aromatic N) is 2. The van der Waals surface area contributed by atoms with Gasteiger partial charge in [-0.3, -0.25) is 14.7 Å². The molecule has 3 N–H and O–H groups in total. The average molecular weight is 476 g/mol. The highest BCUT2D eigenvalue weighted by atomic mass is 32.2. The molecule has 10 nitrogen and oxygen atoms in total. The quantitative estimate of drug-likeness (QED) is 0.378. The number of rotatable bonds is 5. The van der Waals surface area contributed by atoms with Crippen LogP contribution in [0.3, 0.4) is 0 Å². The van der Waals surface area contributed by atoms with Gasteiger partial charge in [0.1, 0.15) is 11.4 Å². The first-order valence-corrected chi connectivity index (χ1v) is 11.8. The Morgan fingerprint density at radius 1 is 1.24 bits per heavy atom. The Morgan fingerprint density at radius 2 is 2.06 bits per heavy atom. The van der Waals surface area contributed by atoms with Crippen molar-refractivity contribution in [3.05, 3.63) is 48.1 Å². The van der Waals surface area contributed by atoms with Gasteiger partial charge in [-0.15, -0.1) is 0 Å². The van der Waals surface area contributed by atoms with Crippen molar-refractivity contribution in [3.63, 3.8) is 0 Å². The van der Waals surface area contributed by atoms with Crippen molar-refractivity contribution in [2.24, 2.45) is 0 Å². The number of furan rings is 1. The topological polar surface area (TPSA) is 134 Å². The second kappa shape index (κ2) is 7.97. The third kappa shape index (κ3) is 4.01. The number of halogens is 1. The molecule has 0 unspecified atom stereocenters. The number of hydrogen-bond acceptors (Lipinski definition) is 8. The smallest absolute Gasteiger partial charge is 0.310 e. The lowest BCUT2D eigenvalue weighted by molar-refractivity contribution is -0.106. The molecule has 1 spiro atoms. The van der Waals surface area contributed by atoms with Gasteiger partial charge in [0.05, 0.1) is 29.0 Å². The van der Waals surface area contributed by atoms with Gasteiger partial charge in [-0.1, -0.05) is 0 Å². The standard InChI is InChI=1S/C21H21FN4O6S/c22-14-9-16(19(23-11-14)26-6-7-31-21(12-26)4-1-5-21)25-33(29,30)15-3-2-13-8-18(20(27)24-28)32-17(13)10-15/h2-3,8-11,25,28H,1,4-7,12H2,(H,24,27). The van der Waals surface area contributed by atoms with Crippen LogP contribution in [0.1, 0.15) is 29.8 Å². The maximum atomic E-state index is 14.0. The molecule has 2 fully saturated rings. The zero-order valence-electron chi connectivity index (χ0n) is 17.4. The number of sulfonamides is 1. The molecule has 1 amide bonds. The van der Waals surface area contributed by atoms with E-state index in [1.54, 1.807) is 0 Å². The summed E-state index contributed by atoms with van der Waals surface area (Å²) in [6, 6.07) is 6.52. The molecule has 5 rings (SSSR count). The molecule has 3 aromatic rings. The van der Waals surface area contributed by atoms with Gasteiger partial charge < -0.3 is 14.1 Å². The minimum Gasteiger partial charge on any atom is -0.451 e. The van der Waals surface area contributed by atoms with Gasteiger partial charge in [0, 0.05) is 30.6 Å². The molecule has 1 aliphatic heterocycles. The summed E-state index contributed by atoms with van der Waals surface area (Å²) < 4.78 is 53.9. The number of nitrogens with one attached hydrogen (secondary N) is 2. The number of amides is 1. The second-order valence-electron chi connectivity index (χ2n) is 8.19. The van der Waals surface area contributed by atoms with Gasteiger partial charge in [-0.2, -0.15) is 0 Å². The molecule has 0 radical (unpaired) electrons. The number of hydroxylamine groups is 1. The minimum atomic E-state index is -4.14. The van der Waals surface area contributed by atoms with E-state index in [0.717, 1.165) is 31.5 Å². The number of fused-ring (bicyclic) bond motifs is 1. The van der Waals surface area contributed by atoms with E-state index in [1.165, 1.54) is 29.7 Å². The van der Waals surface area contributed by atoms with Gasteiger partial charge in [-0.05, 0) is 37.5 Å². The van der Waals surface area contributed by atoms with Crippen molar-refractivity contribution in [3.8, 4) is 0 Å². The normalized spacial score (nSPS) is 17.7. The number of carbonyl (C=O) groups excluding carboxylic acids is 1. The van der Waals surface area contributed by atoms with E-state index in [2.05, 4.69) is 9.71 Å². The van der Waals surface area contributed by atoms with E-state index >= 15 is 0 Å². The van der Waals surface area contributed by atoms with E-state index in [4.69, 9.17) is 14.4 Å². The first-order valence-electron chi connectivity index (χ1n) is 10.3. The summed E-state index contributed by atoms with van der Waals surface area (Å²) in [5.41, 5.74) is 1.35. The molecule has 1 aromatic carbocycles. The summed E-state index contributed by atoms with van der Waals surface area (Å²) in [6.45, 7) is 1.53. The van der Waals surface area contributed by atoms with Crippen LogP contribution in [0.2, 0.25) is 0 Å². The number of morpholine rings is 1. The Balaban J connectivity index is 1.46. The van der Waals surface area contributed by atoms with Crippen LogP contribution in [0.4, 0.5) is 15.9 Å². The molecule has 33 heavy (non-hydrogen) atoms. The van der Waals surface area contributed by atoms with Crippen molar-refractivity contribution in [1.82, 2.24) is 10.5 Å². The molecule has 0 atom stereocenters. The number of ether oxygens (including phenoxy) is 1. The highest BCUT2D eigenvalue weighted by molar-refractivity contribution is 7.92. The predicted octanol–water partition coefficient (Wildman–Crippen LogP) is 2.65. The van der Waals surface area contributed by atoms with Crippen LogP contribution in [0.5, 0.6) is 0 Å². The fourth-order valence-electron chi connectivity index (χ4n) is 4.21. The second-order valence-corrected chi connectivity index (χ2v) is 9.87. The molecular formula is C21H21FN4O6S. The fourth-order valence-corrected chi connectivity index (χ4v) is 5.27. The van der Waals surface area contributed by atoms with E-state index in [1.807, 2.05) is 4.90 Å². The molecular weight excluding hydrogens is 455 g/mol. The first kappa shape index (κ1) is 21.6. The summed E-state index contributed by atoms with van der Waals surface area (Å²) in [7, 11) is -4.14. The predicted molar refractivity (Wildman–Crippen MR) is 115 cm³/mol. The fraction of sp³-hybridized carbons (Fsp3) is 0.333. The third-order valence-electron chi connectivity index (χ3n) is 6.02. The third-order valence-corrected chi connectivity index (χ3v) is 7.38. The maximum Gasteiger partial charge on any atom is 0.310 e. The molecule has 0 bridgehead atoms. The molecule has 2 aliphatic rings. The lowest BCUT2D eigenvalue weighted by Crippen LogP contribution is -2.56. The average Bonchev–Trinajstić information content (AvgIpc) is 3.21. The zero-order chi connectivity index (χ0) is 23.2. The Kier molecular flexibility index (Phi) is 5.22. The van der Waals surface area contributed by atoms with Gasteiger partial charge >= 0.3 is 5.91 Å². The molecule has 12 heteroatoms. The summed E-state index contributed by atoms with van der Waals surface area (Å²) in [5, 5.41) is 9.23. The Labute approximate surface area is 188 Å². The van der Waals surface area contributed by atoms with E-state index in [0.29, 0.717) is 30.9 Å². The summed E-state index contributed by atoms with van der Waals surface area (Å²) in [4.78, 5) is 17.5. The van der Waals surface area contributed by atoms with E-state index in [-0.39, 0.29) is 27.5 Å². The number of pyridine rings is 1. The number of aromatic nitrogens is 1. The highest BCUT2D eigenvalue weighted by Crippen LogP contribution is 2.40. The Morgan fingerprint density at radius 3 is 2.79 bits per heavy atom. The van der Waals surface area contributed by atoms with Crippen molar-refractivity contribution >= 4 is 38.4 Å². The number of anilines is 2. The van der Waals surface area contributed by atoms with Crippen molar-refractivity contribution in [2.45, 2.75) is 29.8 Å². The summed E-state index contributed by atoms with van der Waals surface area (Å²) in [5.74, 6) is -1.39. The molecule has 1 aliphatic carbocycles. The largest absolute Gasteiger partial charge is 0.451 e. The van der Waals surface area contributed by atoms with Crippen LogP contribution in [-0.2, 0) is 14.8 Å². The Bertz CT molecular complexity index is 1340. The van der Waals surface area contributed by atoms with Gasteiger partial charge in [0.25, 0.3) is 10.0 Å². The van der Waals surface area contributed by atoms with Gasteiger partial charge in [0.2, 0.25) is 0 Å². The van der Waals surface area contributed by atoms with Crippen LogP contribution in [0.25, 0.3) is 11.0 Å². The maximum absolute atomic E-state index is 14.0. The monoisotopic (exact) mass is 476 g/mol. The van der Waals surface area contributed by atoms with E-state index in [9.17, 15) is 17.6 Å². The number of benzene rings is 1. The van der Waals surface area contributed by atoms with Gasteiger partial charge in [0.15, 0.2) is 11.6 Å². The first-order chi connectivity index (χ1) is 15.8. The summed E-state index contributed by atoms with van der Waals surface area (Å²) >= 11 is 0. The van der Waals surface area contributed by atoms with Gasteiger partial charge in [-0.25, -0.2) is 23.3 Å². The van der Waals surface area contributed by atoms with Crippen LogP contribution >= 0.6 is 0 Å². The molecule has 174 valence electrons. The van der Waals surface area contributed by atoms with Crippen LogP contribution < -0.4 is 15.1 Å². The lowest BCUT2D eigenvalue weighted by Gasteiger charge is -2.48. The van der Waals surface area contributed by atoms with E-state index < -0.39 is 21.7 Å². The van der Waals surface area contributed by atoms with Crippen LogP contribution in [0, 0.1) is 5.82 Å². The highest BCUT2D eigenvalue weighted by Gasteiger charge is 2.42. The molecule has 1 saturated carbocycles. The number of carbonyl (C=O) groups is 1. The molecule has 1 saturated heterocycles. The Hall–Kier alpha value is -3.22. The van der Waals surface area contributed by atoms with Crippen molar-refractivity contribution in [2.75, 3.05) is 29.3 Å². The lowest BCUT2D eigenvalue weighted by atomic mass is 9.79. The van der Waals surface area contributed by atoms with Crippen molar-refractivity contribution < 1.29 is 32.0 Å². The minimum absolute atomic E-state index is 0.0197. The SMILES string of the molecule is O=C(NO)c1cc2ccc(S(=O)(=O)Nc3cc(F)cnc3N3CCOC4(CCC4)C3)cc2o1. The van der Waals surface area contributed by atoms with Crippen LogP contribution in [-0.4, -0.2) is 49.8 Å². The molecule has 2 aromatic heterocycles. The molecule has 3 heterocycles. The van der Waals surface area contributed by atoms with Crippen LogP contribution in [0.15, 0.2) is 45.8 Å². The number of hydrogen-bond donors (Lipinski definition) is 3. The van der Waals surface area contributed by atoms with Crippen molar-refractivity contribution in [1.29, 1.82) is 0 Å². The zero-order valence-corrected chi connectivity index (χ0v) is 18.2.